The van der Waals surface area contributed by atoms with E-state index in [0.29, 0.717) is 11.3 Å². The number of hydrogen-bond acceptors (Lipinski definition) is 2. The molecule has 0 amide bonds. The number of aryl methyl sites for hydroxylation is 2. The average molecular weight is 282 g/mol. The lowest BCUT2D eigenvalue weighted by Gasteiger charge is -2.18. The van der Waals surface area contributed by atoms with Crippen LogP contribution < -0.4 is 4.74 Å². The summed E-state index contributed by atoms with van der Waals surface area (Å²) >= 11 is 0. The van der Waals surface area contributed by atoms with Crippen LogP contribution in [0.3, 0.4) is 0 Å². The molecule has 2 nitrogen and oxygen atoms in total. The Balaban J connectivity index is 2.17. The van der Waals surface area contributed by atoms with Gasteiger partial charge in [-0.15, -0.1) is 0 Å². The molecule has 0 bridgehead atoms. The van der Waals surface area contributed by atoms with Crippen molar-refractivity contribution in [2.75, 3.05) is 0 Å². The first-order valence-corrected chi connectivity index (χ1v) is 7.17. The third kappa shape index (κ3) is 3.94. The van der Waals surface area contributed by atoms with Gasteiger partial charge in [0.25, 0.3) is 0 Å². The molecule has 0 radical (unpaired) electrons. The van der Waals surface area contributed by atoms with E-state index in [1.54, 1.807) is 0 Å². The number of esters is 1. The fraction of sp³-hybridized carbons (Fsp3) is 0.316. The topological polar surface area (TPSA) is 26.3 Å². The Morgan fingerprint density at radius 2 is 1.43 bits per heavy atom. The minimum Gasteiger partial charge on any atom is -0.423 e. The summed E-state index contributed by atoms with van der Waals surface area (Å²) in [5, 5.41) is 0. The zero-order chi connectivity index (χ0) is 15.6. The van der Waals surface area contributed by atoms with Crippen LogP contribution in [0.2, 0.25) is 0 Å². The lowest BCUT2D eigenvalue weighted by molar-refractivity contribution is 0.0734. The van der Waals surface area contributed by atoms with Gasteiger partial charge in [-0.25, -0.2) is 4.79 Å². The van der Waals surface area contributed by atoms with E-state index in [1.165, 1.54) is 5.56 Å². The molecule has 0 saturated carbocycles. The lowest BCUT2D eigenvalue weighted by Crippen LogP contribution is -2.13. The standard InChI is InChI=1S/C19H22O2/c1-13-10-14(2)12-17(11-13)21-18(20)15-6-8-16(9-7-15)19(3,4)5/h6-12H,1-5H3. The zero-order valence-electron chi connectivity index (χ0n) is 13.4. The van der Waals surface area contributed by atoms with E-state index in [1.807, 2.05) is 50.2 Å². The molecule has 0 unspecified atom stereocenters. The van der Waals surface area contributed by atoms with E-state index >= 15 is 0 Å². The first-order valence-electron chi connectivity index (χ1n) is 7.17. The summed E-state index contributed by atoms with van der Waals surface area (Å²) in [7, 11) is 0. The normalized spacial score (nSPS) is 11.3. The Bertz CT molecular complexity index is 626. The van der Waals surface area contributed by atoms with E-state index in [9.17, 15) is 4.79 Å². The molecule has 0 aliphatic heterocycles. The largest absolute Gasteiger partial charge is 0.423 e. The first-order chi connectivity index (χ1) is 9.75. The molecule has 110 valence electrons. The summed E-state index contributed by atoms with van der Waals surface area (Å²) in [5.74, 6) is 0.276. The Morgan fingerprint density at radius 1 is 0.905 bits per heavy atom. The molecular formula is C19H22O2. The van der Waals surface area contributed by atoms with Gasteiger partial charge in [-0.05, 0) is 60.2 Å². The van der Waals surface area contributed by atoms with Crippen molar-refractivity contribution in [3.05, 3.63) is 64.7 Å². The summed E-state index contributed by atoms with van der Waals surface area (Å²) in [4.78, 5) is 12.2. The highest BCUT2D eigenvalue weighted by molar-refractivity contribution is 5.91. The molecule has 2 aromatic rings. The van der Waals surface area contributed by atoms with E-state index < -0.39 is 0 Å². The van der Waals surface area contributed by atoms with Gasteiger partial charge < -0.3 is 4.74 Å². The second kappa shape index (κ2) is 5.72. The molecule has 0 fully saturated rings. The van der Waals surface area contributed by atoms with Crippen LogP contribution >= 0.6 is 0 Å². The summed E-state index contributed by atoms with van der Waals surface area (Å²) in [6.45, 7) is 10.4. The molecule has 0 aromatic heterocycles. The third-order valence-electron chi connectivity index (χ3n) is 3.39. The Kier molecular flexibility index (Phi) is 4.17. The Hall–Kier alpha value is -2.09. The van der Waals surface area contributed by atoms with Crippen molar-refractivity contribution < 1.29 is 9.53 Å². The Morgan fingerprint density at radius 3 is 1.90 bits per heavy atom. The molecular weight excluding hydrogens is 260 g/mol. The number of hydrogen-bond donors (Lipinski definition) is 0. The fourth-order valence-corrected chi connectivity index (χ4v) is 2.26. The summed E-state index contributed by atoms with van der Waals surface area (Å²) < 4.78 is 5.45. The molecule has 0 atom stereocenters. The molecule has 0 heterocycles. The van der Waals surface area contributed by atoms with E-state index in [-0.39, 0.29) is 11.4 Å². The number of ether oxygens (including phenoxy) is 1. The maximum atomic E-state index is 12.2. The quantitative estimate of drug-likeness (QED) is 0.583. The van der Waals surface area contributed by atoms with Crippen LogP contribution in [0.5, 0.6) is 5.75 Å². The summed E-state index contributed by atoms with van der Waals surface area (Å²) in [5.41, 5.74) is 4.02. The monoisotopic (exact) mass is 282 g/mol. The van der Waals surface area contributed by atoms with Gasteiger partial charge in [0, 0.05) is 0 Å². The first kappa shape index (κ1) is 15.3. The van der Waals surface area contributed by atoms with Gasteiger partial charge >= 0.3 is 5.97 Å². The zero-order valence-corrected chi connectivity index (χ0v) is 13.4. The van der Waals surface area contributed by atoms with Crippen LogP contribution in [-0.2, 0) is 5.41 Å². The number of rotatable bonds is 2. The second-order valence-electron chi connectivity index (χ2n) is 6.54. The highest BCUT2D eigenvalue weighted by atomic mass is 16.5. The van der Waals surface area contributed by atoms with Gasteiger partial charge in [0.1, 0.15) is 5.75 Å². The van der Waals surface area contributed by atoms with Crippen molar-refractivity contribution in [2.24, 2.45) is 0 Å². The average Bonchev–Trinajstić information content (AvgIpc) is 2.36. The number of benzene rings is 2. The van der Waals surface area contributed by atoms with Gasteiger partial charge in [0.15, 0.2) is 0 Å². The predicted octanol–water partition coefficient (Wildman–Crippen LogP) is 4.82. The lowest BCUT2D eigenvalue weighted by atomic mass is 9.87. The molecule has 2 heteroatoms. The van der Waals surface area contributed by atoms with Crippen LogP contribution in [0.25, 0.3) is 0 Å². The highest BCUT2D eigenvalue weighted by Gasteiger charge is 2.15. The van der Waals surface area contributed by atoms with Crippen LogP contribution in [0.4, 0.5) is 0 Å². The maximum Gasteiger partial charge on any atom is 0.343 e. The van der Waals surface area contributed by atoms with Gasteiger partial charge in [0.05, 0.1) is 5.56 Å². The van der Waals surface area contributed by atoms with Crippen molar-refractivity contribution in [3.8, 4) is 5.75 Å². The van der Waals surface area contributed by atoms with E-state index in [2.05, 4.69) is 26.8 Å². The van der Waals surface area contributed by atoms with Crippen molar-refractivity contribution in [1.82, 2.24) is 0 Å². The number of carbonyl (C=O) groups is 1. The summed E-state index contributed by atoms with van der Waals surface area (Å²) in [6.07, 6.45) is 0. The van der Waals surface area contributed by atoms with E-state index in [0.717, 1.165) is 11.1 Å². The number of carbonyl (C=O) groups excluding carboxylic acids is 1. The van der Waals surface area contributed by atoms with Crippen molar-refractivity contribution in [3.63, 3.8) is 0 Å². The predicted molar refractivity (Wildman–Crippen MR) is 86.0 cm³/mol. The minimum atomic E-state index is -0.319. The summed E-state index contributed by atoms with van der Waals surface area (Å²) in [6, 6.07) is 13.4. The molecule has 21 heavy (non-hydrogen) atoms. The maximum absolute atomic E-state index is 12.2. The fourth-order valence-electron chi connectivity index (χ4n) is 2.26. The van der Waals surface area contributed by atoms with Crippen molar-refractivity contribution in [1.29, 1.82) is 0 Å². The highest BCUT2D eigenvalue weighted by Crippen LogP contribution is 2.23. The molecule has 0 saturated heterocycles. The van der Waals surface area contributed by atoms with Crippen molar-refractivity contribution in [2.45, 2.75) is 40.0 Å². The van der Waals surface area contributed by atoms with E-state index in [4.69, 9.17) is 4.74 Å². The smallest absolute Gasteiger partial charge is 0.343 e. The molecule has 0 N–H and O–H groups in total. The molecule has 0 aliphatic carbocycles. The van der Waals surface area contributed by atoms with Gasteiger partial charge in [0.2, 0.25) is 0 Å². The van der Waals surface area contributed by atoms with Gasteiger partial charge in [-0.3, -0.25) is 0 Å². The molecule has 0 aliphatic rings. The van der Waals surface area contributed by atoms with Crippen molar-refractivity contribution >= 4 is 5.97 Å². The SMILES string of the molecule is Cc1cc(C)cc(OC(=O)c2ccc(C(C)(C)C)cc2)c1. The van der Waals surface area contributed by atoms with Crippen LogP contribution in [0, 0.1) is 13.8 Å². The van der Waals surface area contributed by atoms with Crippen LogP contribution in [-0.4, -0.2) is 5.97 Å². The Labute approximate surface area is 126 Å². The second-order valence-corrected chi connectivity index (χ2v) is 6.54. The third-order valence-corrected chi connectivity index (χ3v) is 3.39. The van der Waals surface area contributed by atoms with Crippen LogP contribution in [0.15, 0.2) is 42.5 Å². The van der Waals surface area contributed by atoms with Gasteiger partial charge in [-0.1, -0.05) is 39.0 Å². The van der Waals surface area contributed by atoms with Crippen LogP contribution in [0.1, 0.15) is 47.8 Å². The molecule has 2 rings (SSSR count). The molecule has 2 aromatic carbocycles. The minimum absolute atomic E-state index is 0.0795. The van der Waals surface area contributed by atoms with Gasteiger partial charge in [-0.2, -0.15) is 0 Å². The molecule has 0 spiro atoms.